The van der Waals surface area contributed by atoms with E-state index < -0.39 is 5.91 Å². The van der Waals surface area contributed by atoms with Gasteiger partial charge in [0.1, 0.15) is 34.1 Å². The molecule has 0 bridgehead atoms. The Morgan fingerprint density at radius 3 is 1.43 bits per heavy atom. The van der Waals surface area contributed by atoms with Crippen LogP contribution in [0.1, 0.15) is 52.7 Å². The van der Waals surface area contributed by atoms with Crippen molar-refractivity contribution in [2.24, 2.45) is 11.5 Å². The molecule has 375 valence electrons. The van der Waals surface area contributed by atoms with Gasteiger partial charge in [0.05, 0.1) is 47.5 Å². The summed E-state index contributed by atoms with van der Waals surface area (Å²) in [5, 5.41) is 19.8. The summed E-state index contributed by atoms with van der Waals surface area (Å²) >= 11 is 24.4. The molecule has 2 fully saturated rings. The van der Waals surface area contributed by atoms with Crippen LogP contribution in [0.15, 0.2) is 146 Å². The van der Waals surface area contributed by atoms with Gasteiger partial charge in [-0.25, -0.2) is 19.3 Å². The van der Waals surface area contributed by atoms with Gasteiger partial charge >= 0.3 is 0 Å². The topological polar surface area (TPSA) is 184 Å². The number of carbonyl (C=O) groups is 1. The molecular formula is C54H50BCl4N12O3. The first kappa shape index (κ1) is 53.4. The fraction of sp³-hybridized carbons (Fsp3) is 0.204. The summed E-state index contributed by atoms with van der Waals surface area (Å²) in [6.07, 6.45) is 12.8. The number of benzene rings is 4. The highest BCUT2D eigenvalue weighted by Crippen LogP contribution is 2.34. The molecule has 10 aromatic rings. The van der Waals surface area contributed by atoms with E-state index in [2.05, 4.69) is 20.6 Å². The van der Waals surface area contributed by atoms with Gasteiger partial charge in [0.25, 0.3) is 0 Å². The molecule has 2 aliphatic heterocycles. The minimum absolute atomic E-state index is 0. The number of ether oxygens (including phenoxy) is 2. The number of aromatic nitrogens is 10. The highest BCUT2D eigenvalue weighted by Gasteiger charge is 2.21. The zero-order valence-corrected chi connectivity index (χ0v) is 43.1. The van der Waals surface area contributed by atoms with Gasteiger partial charge < -0.3 is 20.9 Å². The third-order valence-corrected chi connectivity index (χ3v) is 13.0. The summed E-state index contributed by atoms with van der Waals surface area (Å²) in [5.74, 6) is -0.575. The average molecular weight is 1070 g/mol. The van der Waals surface area contributed by atoms with Crippen LogP contribution in [0.4, 0.5) is 0 Å². The van der Waals surface area contributed by atoms with Crippen LogP contribution in [0.3, 0.4) is 0 Å². The first-order valence-electron chi connectivity index (χ1n) is 23.6. The molecular weight excluding hydrogens is 1020 g/mol. The quantitative estimate of drug-likeness (QED) is 0.125. The Bertz CT molecular complexity index is 3440. The van der Waals surface area contributed by atoms with Crippen molar-refractivity contribution in [1.82, 2.24) is 48.8 Å². The Kier molecular flexibility index (Phi) is 18.3. The molecule has 0 unspecified atom stereocenters. The van der Waals surface area contributed by atoms with Crippen LogP contribution in [0, 0.1) is 0 Å². The molecule has 3 radical (unpaired) electrons. The number of nitrogens with zero attached hydrogens (tertiary/aromatic N) is 10. The summed E-state index contributed by atoms with van der Waals surface area (Å²) in [4.78, 5) is 21.2. The summed E-state index contributed by atoms with van der Waals surface area (Å²) in [6.45, 7) is 5.35. The second-order valence-corrected chi connectivity index (χ2v) is 18.7. The van der Waals surface area contributed by atoms with Crippen molar-refractivity contribution in [1.29, 1.82) is 0 Å². The zero-order valence-electron chi connectivity index (χ0n) is 40.1. The lowest BCUT2D eigenvalue weighted by molar-refractivity contribution is 0.1000. The maximum absolute atomic E-state index is 11.6. The Morgan fingerprint density at radius 2 is 1.01 bits per heavy atom. The van der Waals surface area contributed by atoms with Crippen molar-refractivity contribution in [2.45, 2.75) is 45.3 Å². The summed E-state index contributed by atoms with van der Waals surface area (Å²) in [7, 11) is 0. The molecule has 2 aliphatic rings. The number of primary amides is 1. The molecule has 0 spiro atoms. The standard InChI is InChI=1S/C23H16Cl2N6O.C23H18Cl2N6.2C4H8O.B/c24-16-7-5-15(6-8-16)21-22(31-10-2-1-3-20(31)27-21)19-13-30(29-28-19)12-14-4-9-18(25)17(11-14)23(26)32;24-18-7-5-16(6-8-18)22-23(31-10-2-1-3-21(31)27-22)20-14-30(29-28-20)13-15-4-9-19(25)17(11-15)12-26;2*1-2-4-5-3-1;/h1-11,13H,12H2,(H2,26,32);1-11,14H,12-13,26H2;2*1-4H2;. The van der Waals surface area contributed by atoms with Gasteiger partial charge in [0.2, 0.25) is 5.91 Å². The summed E-state index contributed by atoms with van der Waals surface area (Å²) in [6, 6.07) is 37.8. The van der Waals surface area contributed by atoms with E-state index in [1.165, 1.54) is 25.7 Å². The number of nitrogens with two attached hydrogens (primary N) is 2. The number of rotatable bonds is 10. The maximum Gasteiger partial charge on any atom is 0.250 e. The molecule has 0 atom stereocenters. The van der Waals surface area contributed by atoms with E-state index in [4.69, 9.17) is 77.3 Å². The molecule has 4 N–H and O–H groups in total. The lowest BCUT2D eigenvalue weighted by Crippen LogP contribution is -2.12. The van der Waals surface area contributed by atoms with Gasteiger partial charge in [-0.2, -0.15) is 0 Å². The van der Waals surface area contributed by atoms with E-state index in [0.717, 1.165) is 94.0 Å². The van der Waals surface area contributed by atoms with Crippen LogP contribution in [0.5, 0.6) is 0 Å². The van der Waals surface area contributed by atoms with Gasteiger partial charge in [0, 0.05) is 80.0 Å². The van der Waals surface area contributed by atoms with Gasteiger partial charge in [0.15, 0.2) is 0 Å². The molecule has 12 rings (SSSR count). The van der Waals surface area contributed by atoms with E-state index in [0.29, 0.717) is 45.4 Å². The fourth-order valence-corrected chi connectivity index (χ4v) is 8.86. The monoisotopic (exact) mass is 1070 g/mol. The molecule has 0 saturated carbocycles. The van der Waals surface area contributed by atoms with Crippen molar-refractivity contribution < 1.29 is 14.3 Å². The number of hydrogen-bond donors (Lipinski definition) is 2. The molecule has 0 aliphatic carbocycles. The van der Waals surface area contributed by atoms with Gasteiger partial charge in [-0.05, 0) is 109 Å². The molecule has 6 aromatic heterocycles. The molecule has 74 heavy (non-hydrogen) atoms. The smallest absolute Gasteiger partial charge is 0.250 e. The van der Waals surface area contributed by atoms with Crippen LogP contribution < -0.4 is 11.5 Å². The van der Waals surface area contributed by atoms with E-state index in [-0.39, 0.29) is 14.0 Å². The van der Waals surface area contributed by atoms with Crippen molar-refractivity contribution in [2.75, 3.05) is 26.4 Å². The highest BCUT2D eigenvalue weighted by atomic mass is 35.5. The van der Waals surface area contributed by atoms with Crippen molar-refractivity contribution in [3.8, 4) is 45.3 Å². The number of halogens is 4. The molecule has 20 heteroatoms. The first-order chi connectivity index (χ1) is 35.6. The molecule has 8 heterocycles. The Balaban J connectivity index is 0.000000163. The Morgan fingerprint density at radius 1 is 0.568 bits per heavy atom. The second-order valence-electron chi connectivity index (χ2n) is 17.0. The molecule has 4 aromatic carbocycles. The van der Waals surface area contributed by atoms with Gasteiger partial charge in [-0.15, -0.1) is 10.2 Å². The third-order valence-electron chi connectivity index (χ3n) is 11.8. The number of fused-ring (bicyclic) bond motifs is 2. The van der Waals surface area contributed by atoms with Crippen molar-refractivity contribution >= 4 is 72.0 Å². The van der Waals surface area contributed by atoms with Crippen LogP contribution >= 0.6 is 46.4 Å². The number of amides is 1. The minimum atomic E-state index is -0.575. The average Bonchev–Trinajstić information content (AvgIpc) is 4.28. The lowest BCUT2D eigenvalue weighted by atomic mass is 10.1. The van der Waals surface area contributed by atoms with Crippen LogP contribution in [-0.4, -0.2) is 89.5 Å². The fourth-order valence-electron chi connectivity index (χ4n) is 8.20. The summed E-state index contributed by atoms with van der Waals surface area (Å²) < 4.78 is 17.4. The van der Waals surface area contributed by atoms with Crippen molar-refractivity contribution in [3.05, 3.63) is 188 Å². The van der Waals surface area contributed by atoms with E-state index in [1.54, 1.807) is 21.5 Å². The Hall–Kier alpha value is -6.89. The van der Waals surface area contributed by atoms with Crippen molar-refractivity contribution in [3.63, 3.8) is 0 Å². The van der Waals surface area contributed by atoms with Gasteiger partial charge in [-0.3, -0.25) is 13.6 Å². The summed E-state index contributed by atoms with van der Waals surface area (Å²) in [5.41, 5.74) is 22.5. The largest absolute Gasteiger partial charge is 0.381 e. The van der Waals surface area contributed by atoms with Crippen LogP contribution in [0.25, 0.3) is 56.6 Å². The van der Waals surface area contributed by atoms with Gasteiger partial charge in [-0.1, -0.05) is 111 Å². The maximum atomic E-state index is 11.6. The van der Waals surface area contributed by atoms with E-state index >= 15 is 0 Å². The Labute approximate surface area is 449 Å². The predicted molar refractivity (Wildman–Crippen MR) is 293 cm³/mol. The molecule has 1 amide bonds. The zero-order chi connectivity index (χ0) is 50.7. The number of hydrogen-bond acceptors (Lipinski definition) is 10. The highest BCUT2D eigenvalue weighted by molar-refractivity contribution is 6.34. The number of imidazole rings is 2. The van der Waals surface area contributed by atoms with E-state index in [1.807, 2.05) is 143 Å². The first-order valence-corrected chi connectivity index (χ1v) is 25.1. The normalized spacial score (nSPS) is 12.8. The predicted octanol–water partition coefficient (Wildman–Crippen LogP) is 11.0. The minimum Gasteiger partial charge on any atom is -0.381 e. The lowest BCUT2D eigenvalue weighted by Gasteiger charge is -2.06. The molecule has 15 nitrogen and oxygen atoms in total. The van der Waals surface area contributed by atoms with E-state index in [9.17, 15) is 4.79 Å². The molecule has 2 saturated heterocycles. The SMILES string of the molecule is C1CCOC1.C1CCOC1.NC(=O)c1cc(Cn2cc(-c3c(-c4ccc(Cl)cc4)nc4ccccn34)nn2)ccc1Cl.NCc1cc(Cn2cc(-c3c(-c4ccc(Cl)cc4)nc4ccccn34)nn2)ccc1Cl.[B]. The van der Waals surface area contributed by atoms with Crippen LogP contribution in [0.2, 0.25) is 20.1 Å². The van der Waals surface area contributed by atoms with Crippen LogP contribution in [-0.2, 0) is 29.1 Å². The number of pyridine rings is 2. The number of carbonyl (C=O) groups excluding carboxylic acids is 1. The second kappa shape index (κ2) is 25.4. The third kappa shape index (κ3) is 13.1.